The molecule has 1 aromatic carbocycles. The molecular weight excluding hydrogens is 235 g/mol. The number of rotatable bonds is 2. The van der Waals surface area contributed by atoms with Crippen LogP contribution in [0.25, 0.3) is 0 Å². The molecule has 4 nitrogen and oxygen atoms in total. The van der Waals surface area contributed by atoms with Gasteiger partial charge in [0.15, 0.2) is 4.90 Å². The van der Waals surface area contributed by atoms with Crippen LogP contribution in [-0.2, 0) is 14.8 Å². The monoisotopic (exact) mass is 237 g/mol. The molecule has 0 aliphatic carbocycles. The van der Waals surface area contributed by atoms with E-state index in [4.69, 9.17) is 0 Å². The summed E-state index contributed by atoms with van der Waals surface area (Å²) in [5.74, 6) is -4.60. The molecule has 0 spiro atoms. The Bertz CT molecular complexity index is 526. The van der Waals surface area contributed by atoms with E-state index < -0.39 is 32.4 Å². The molecule has 0 saturated heterocycles. The normalized spacial score (nSPS) is 10.9. The van der Waals surface area contributed by atoms with Crippen molar-refractivity contribution in [3.63, 3.8) is 0 Å². The van der Waals surface area contributed by atoms with Crippen molar-refractivity contribution in [2.24, 2.45) is 4.40 Å². The van der Waals surface area contributed by atoms with Crippen molar-refractivity contribution in [1.82, 2.24) is 0 Å². The van der Waals surface area contributed by atoms with Gasteiger partial charge in [0.25, 0.3) is 16.1 Å². The summed E-state index contributed by atoms with van der Waals surface area (Å²) >= 11 is 0. The second-order valence-electron chi connectivity index (χ2n) is 2.36. The van der Waals surface area contributed by atoms with Crippen LogP contribution in [0.5, 0.6) is 0 Å². The highest BCUT2D eigenvalue weighted by molar-refractivity contribution is 7.90. The van der Waals surface area contributed by atoms with E-state index in [9.17, 15) is 26.4 Å². The van der Waals surface area contributed by atoms with Gasteiger partial charge in [0.1, 0.15) is 17.5 Å². The molecular formula is C7H2F3NO3S. The molecule has 0 unspecified atom stereocenters. The summed E-state index contributed by atoms with van der Waals surface area (Å²) in [5, 5.41) is 0. The number of nitrogens with zero attached hydrogens (tertiary/aromatic N) is 1. The topological polar surface area (TPSA) is 63.6 Å². The molecule has 8 heteroatoms. The average Bonchev–Trinajstić information content (AvgIpc) is 1.99. The van der Waals surface area contributed by atoms with Crippen LogP contribution < -0.4 is 0 Å². The van der Waals surface area contributed by atoms with Gasteiger partial charge in [-0.05, 0) is 0 Å². The van der Waals surface area contributed by atoms with Crippen molar-refractivity contribution in [2.75, 3.05) is 0 Å². The quantitative estimate of drug-likeness (QED) is 0.572. The summed E-state index contributed by atoms with van der Waals surface area (Å²) in [4.78, 5) is 8.21. The smallest absolute Gasteiger partial charge is 0.210 e. The third kappa shape index (κ3) is 2.23. The zero-order chi connectivity index (χ0) is 11.6. The summed E-state index contributed by atoms with van der Waals surface area (Å²) < 4.78 is 62.3. The molecule has 15 heavy (non-hydrogen) atoms. The second-order valence-corrected chi connectivity index (χ2v) is 3.90. The minimum atomic E-state index is -4.80. The van der Waals surface area contributed by atoms with Crippen LogP contribution in [-0.4, -0.2) is 14.5 Å². The molecule has 0 fully saturated rings. The lowest BCUT2D eigenvalue weighted by molar-refractivity contribution is 0.497. The first kappa shape index (κ1) is 11.4. The van der Waals surface area contributed by atoms with Gasteiger partial charge in [-0.2, -0.15) is 8.42 Å². The zero-order valence-corrected chi connectivity index (χ0v) is 7.69. The molecule has 0 radical (unpaired) electrons. The lowest BCUT2D eigenvalue weighted by Gasteiger charge is -2.00. The second kappa shape index (κ2) is 3.84. The number of halogens is 3. The van der Waals surface area contributed by atoms with Crippen molar-refractivity contribution in [2.45, 2.75) is 4.90 Å². The fourth-order valence-corrected chi connectivity index (χ4v) is 1.67. The lowest BCUT2D eigenvalue weighted by atomic mass is 10.3. The minimum absolute atomic E-state index is 0.163. The molecule has 0 atom stereocenters. The van der Waals surface area contributed by atoms with Crippen LogP contribution in [0.2, 0.25) is 0 Å². The number of isocyanates is 1. The molecule has 1 rings (SSSR count). The Morgan fingerprint density at radius 2 is 1.60 bits per heavy atom. The number of hydrogen-bond donors (Lipinski definition) is 0. The van der Waals surface area contributed by atoms with Gasteiger partial charge in [-0.3, -0.25) is 0 Å². The molecule has 0 bridgehead atoms. The maximum absolute atomic E-state index is 12.9. The highest BCUT2D eigenvalue weighted by atomic mass is 32.2. The van der Waals surface area contributed by atoms with E-state index in [1.165, 1.54) is 0 Å². The summed E-state index contributed by atoms with van der Waals surface area (Å²) in [6.07, 6.45) is 0.635. The van der Waals surface area contributed by atoms with Crippen molar-refractivity contribution in [3.8, 4) is 0 Å². The number of benzene rings is 1. The molecule has 0 aromatic heterocycles. The van der Waals surface area contributed by atoms with E-state index in [0.29, 0.717) is 6.08 Å². The van der Waals surface area contributed by atoms with Gasteiger partial charge in [0.05, 0.1) is 0 Å². The number of carbonyl (C=O) groups excluding carboxylic acids is 1. The Labute approximate surface area is 82.1 Å². The fraction of sp³-hybridized carbons (Fsp3) is 0. The SMILES string of the molecule is O=C=NS(=O)(=O)c1c(F)cc(F)cc1F. The van der Waals surface area contributed by atoms with Gasteiger partial charge >= 0.3 is 0 Å². The van der Waals surface area contributed by atoms with Gasteiger partial charge in [0.2, 0.25) is 0 Å². The molecule has 0 saturated carbocycles. The van der Waals surface area contributed by atoms with Gasteiger partial charge < -0.3 is 0 Å². The molecule has 0 aliphatic heterocycles. The van der Waals surface area contributed by atoms with Crippen LogP contribution in [0.4, 0.5) is 13.2 Å². The van der Waals surface area contributed by atoms with E-state index in [1.807, 2.05) is 0 Å². The van der Waals surface area contributed by atoms with E-state index in [-0.39, 0.29) is 12.1 Å². The molecule has 0 aliphatic rings. The summed E-state index contributed by atoms with van der Waals surface area (Å²) in [6, 6.07) is 0.326. The Hall–Kier alpha value is -1.66. The summed E-state index contributed by atoms with van der Waals surface area (Å²) in [5.41, 5.74) is 0. The Balaban J connectivity index is 3.59. The Kier molecular flexibility index (Phi) is 2.92. The van der Waals surface area contributed by atoms with Crippen LogP contribution in [0.3, 0.4) is 0 Å². The summed E-state index contributed by atoms with van der Waals surface area (Å²) in [6.45, 7) is 0. The van der Waals surface area contributed by atoms with Crippen LogP contribution in [0, 0.1) is 17.5 Å². The van der Waals surface area contributed by atoms with Crippen LogP contribution in [0.15, 0.2) is 21.4 Å². The van der Waals surface area contributed by atoms with Crippen LogP contribution in [0.1, 0.15) is 0 Å². The number of hydrogen-bond acceptors (Lipinski definition) is 3. The predicted octanol–water partition coefficient (Wildman–Crippen LogP) is 1.13. The maximum Gasteiger partial charge on any atom is 0.298 e. The van der Waals surface area contributed by atoms with Gasteiger partial charge in [-0.15, -0.1) is 0 Å². The third-order valence-corrected chi connectivity index (χ3v) is 2.60. The van der Waals surface area contributed by atoms with E-state index in [1.54, 1.807) is 0 Å². The standard InChI is InChI=1S/C7H2F3NO3S/c8-4-1-5(9)7(6(10)2-4)15(13,14)11-3-12/h1-2H. The first-order valence-corrected chi connectivity index (χ1v) is 4.81. The van der Waals surface area contributed by atoms with Crippen molar-refractivity contribution in [1.29, 1.82) is 0 Å². The minimum Gasteiger partial charge on any atom is -0.210 e. The van der Waals surface area contributed by atoms with Crippen molar-refractivity contribution >= 4 is 16.1 Å². The zero-order valence-electron chi connectivity index (χ0n) is 6.87. The lowest BCUT2D eigenvalue weighted by Crippen LogP contribution is -2.04. The Morgan fingerprint density at radius 1 is 1.13 bits per heavy atom. The van der Waals surface area contributed by atoms with Gasteiger partial charge in [-0.25, -0.2) is 18.0 Å². The van der Waals surface area contributed by atoms with Crippen molar-refractivity contribution in [3.05, 3.63) is 29.6 Å². The highest BCUT2D eigenvalue weighted by Crippen LogP contribution is 2.21. The number of sulfonamides is 1. The predicted molar refractivity (Wildman–Crippen MR) is 41.6 cm³/mol. The van der Waals surface area contributed by atoms with E-state index >= 15 is 0 Å². The maximum atomic E-state index is 12.9. The highest BCUT2D eigenvalue weighted by Gasteiger charge is 2.24. The molecule has 0 N–H and O–H groups in total. The van der Waals surface area contributed by atoms with E-state index in [2.05, 4.69) is 4.40 Å². The van der Waals surface area contributed by atoms with E-state index in [0.717, 1.165) is 0 Å². The fourth-order valence-electron chi connectivity index (χ4n) is 0.870. The average molecular weight is 237 g/mol. The van der Waals surface area contributed by atoms with Crippen LogP contribution >= 0.6 is 0 Å². The first-order chi connectivity index (χ1) is 6.88. The molecule has 80 valence electrons. The summed E-state index contributed by atoms with van der Waals surface area (Å²) in [7, 11) is -4.80. The first-order valence-electron chi connectivity index (χ1n) is 3.37. The van der Waals surface area contributed by atoms with Gasteiger partial charge in [-0.1, -0.05) is 4.40 Å². The Morgan fingerprint density at radius 3 is 2.00 bits per heavy atom. The molecule has 0 amide bonds. The third-order valence-electron chi connectivity index (χ3n) is 1.38. The molecule has 1 aromatic rings. The van der Waals surface area contributed by atoms with Crippen molar-refractivity contribution < 1.29 is 26.4 Å². The molecule has 0 heterocycles. The van der Waals surface area contributed by atoms with Gasteiger partial charge in [0, 0.05) is 12.1 Å². The largest absolute Gasteiger partial charge is 0.298 e.